The summed E-state index contributed by atoms with van der Waals surface area (Å²) in [6, 6.07) is 1.79. The molecule has 0 saturated heterocycles. The molecule has 2 rings (SSSR count). The molecule has 16 heavy (non-hydrogen) atoms. The molecule has 0 aromatic carbocycles. The summed E-state index contributed by atoms with van der Waals surface area (Å²) in [6.45, 7) is 3.91. The van der Waals surface area contributed by atoms with E-state index in [1.807, 2.05) is 0 Å². The normalized spacial score (nSPS) is 22.7. The Morgan fingerprint density at radius 1 is 1.62 bits per heavy atom. The van der Waals surface area contributed by atoms with Crippen molar-refractivity contribution in [1.82, 2.24) is 10.3 Å². The third kappa shape index (κ3) is 2.44. The van der Waals surface area contributed by atoms with Gasteiger partial charge in [-0.05, 0) is 25.3 Å². The van der Waals surface area contributed by atoms with Crippen LogP contribution >= 0.6 is 11.6 Å². The molecule has 1 aliphatic rings. The molecule has 0 radical (unpaired) electrons. The number of carbonyl (C=O) groups is 1. The van der Waals surface area contributed by atoms with Gasteiger partial charge in [0.05, 0.1) is 16.4 Å². The maximum Gasteiger partial charge on any atom is 0.319 e. The van der Waals surface area contributed by atoms with E-state index < -0.39 is 0 Å². The van der Waals surface area contributed by atoms with E-state index in [-0.39, 0.29) is 6.03 Å². The zero-order valence-corrected chi connectivity index (χ0v) is 10.0. The molecule has 86 valence electrons. The van der Waals surface area contributed by atoms with E-state index in [9.17, 15) is 4.79 Å². The van der Waals surface area contributed by atoms with Gasteiger partial charge in [-0.15, -0.1) is 0 Å². The summed E-state index contributed by atoms with van der Waals surface area (Å²) >= 11 is 6.01. The number of amides is 2. The van der Waals surface area contributed by atoms with Gasteiger partial charge in [0.25, 0.3) is 0 Å². The van der Waals surface area contributed by atoms with Crippen molar-refractivity contribution < 1.29 is 4.79 Å². The Kier molecular flexibility index (Phi) is 3.01. The Morgan fingerprint density at radius 2 is 2.31 bits per heavy atom. The highest BCUT2D eigenvalue weighted by atomic mass is 35.5. The second-order valence-corrected chi connectivity index (χ2v) is 4.55. The van der Waals surface area contributed by atoms with Crippen LogP contribution in [0.4, 0.5) is 10.5 Å². The number of halogens is 1. The predicted octanol–water partition coefficient (Wildman–Crippen LogP) is 2.57. The largest absolute Gasteiger partial charge is 0.335 e. The summed E-state index contributed by atoms with van der Waals surface area (Å²) in [5, 5.41) is 6.08. The molecule has 1 saturated carbocycles. The van der Waals surface area contributed by atoms with E-state index in [0.717, 1.165) is 6.42 Å². The lowest BCUT2D eigenvalue weighted by Crippen LogP contribution is -2.31. The molecule has 0 unspecified atom stereocenters. The molecule has 1 aromatic rings. The van der Waals surface area contributed by atoms with Gasteiger partial charge < -0.3 is 10.6 Å². The van der Waals surface area contributed by atoms with Gasteiger partial charge in [0.2, 0.25) is 0 Å². The van der Waals surface area contributed by atoms with Crippen molar-refractivity contribution in [2.75, 3.05) is 5.32 Å². The number of hydrogen-bond acceptors (Lipinski definition) is 2. The first-order valence-corrected chi connectivity index (χ1v) is 5.64. The molecule has 4 nitrogen and oxygen atoms in total. The minimum atomic E-state index is -0.207. The van der Waals surface area contributed by atoms with Crippen LogP contribution in [0.3, 0.4) is 0 Å². The number of carbonyl (C=O) groups excluding carboxylic acids is 1. The highest BCUT2D eigenvalue weighted by Gasteiger charge is 2.33. The van der Waals surface area contributed by atoms with Crippen molar-refractivity contribution in [3.63, 3.8) is 0 Å². The number of aryl methyl sites for hydroxylation is 1. The summed E-state index contributed by atoms with van der Waals surface area (Å²) in [7, 11) is 0. The summed E-state index contributed by atoms with van der Waals surface area (Å²) < 4.78 is 0. The maximum atomic E-state index is 11.6. The Morgan fingerprint density at radius 3 is 2.94 bits per heavy atom. The molecule has 1 heterocycles. The first-order valence-electron chi connectivity index (χ1n) is 5.26. The van der Waals surface area contributed by atoms with Crippen LogP contribution in [0.15, 0.2) is 12.3 Å². The van der Waals surface area contributed by atoms with Crippen molar-refractivity contribution in [3.05, 3.63) is 23.0 Å². The Balaban J connectivity index is 1.98. The molecule has 1 fully saturated rings. The summed E-state index contributed by atoms with van der Waals surface area (Å²) in [5.41, 5.74) is 1.30. The number of nitrogens with one attached hydrogen (secondary N) is 2. The van der Waals surface area contributed by atoms with E-state index >= 15 is 0 Å². The van der Waals surface area contributed by atoms with E-state index in [0.29, 0.717) is 28.4 Å². The topological polar surface area (TPSA) is 54.0 Å². The smallest absolute Gasteiger partial charge is 0.319 e. The molecule has 2 amide bonds. The van der Waals surface area contributed by atoms with E-state index in [1.165, 1.54) is 0 Å². The van der Waals surface area contributed by atoms with E-state index in [4.69, 9.17) is 11.6 Å². The first kappa shape index (κ1) is 11.2. The molecule has 0 bridgehead atoms. The standard InChI is InChI=1S/C11H14ClN3O/c1-6-5-9(6)15-11(16)14-8-3-4-13-7(2)10(8)12/h3-4,6,9H,5H2,1-2H3,(H2,13,14,15,16)/t6-,9-/m0/s1. The lowest BCUT2D eigenvalue weighted by Gasteiger charge is -2.09. The summed E-state index contributed by atoms with van der Waals surface area (Å²) in [4.78, 5) is 15.6. The molecule has 1 aromatic heterocycles. The Hall–Kier alpha value is -1.29. The van der Waals surface area contributed by atoms with Crippen LogP contribution in [0.2, 0.25) is 5.02 Å². The van der Waals surface area contributed by atoms with Crippen LogP contribution in [-0.4, -0.2) is 17.1 Å². The molecule has 0 aliphatic heterocycles. The van der Waals surface area contributed by atoms with Crippen LogP contribution in [0.25, 0.3) is 0 Å². The number of anilines is 1. The van der Waals surface area contributed by atoms with Crippen LogP contribution in [0.1, 0.15) is 19.0 Å². The second-order valence-electron chi connectivity index (χ2n) is 4.18. The monoisotopic (exact) mass is 239 g/mol. The van der Waals surface area contributed by atoms with Gasteiger partial charge in [-0.2, -0.15) is 0 Å². The molecular formula is C11H14ClN3O. The van der Waals surface area contributed by atoms with Gasteiger partial charge in [-0.25, -0.2) is 4.79 Å². The van der Waals surface area contributed by atoms with Crippen LogP contribution < -0.4 is 10.6 Å². The summed E-state index contributed by atoms with van der Waals surface area (Å²) in [6.07, 6.45) is 2.67. The van der Waals surface area contributed by atoms with Gasteiger partial charge in [-0.3, -0.25) is 4.98 Å². The summed E-state index contributed by atoms with van der Waals surface area (Å²) in [5.74, 6) is 0.584. The lowest BCUT2D eigenvalue weighted by molar-refractivity contribution is 0.251. The number of rotatable bonds is 2. The van der Waals surface area contributed by atoms with Crippen molar-refractivity contribution in [3.8, 4) is 0 Å². The predicted molar refractivity (Wildman–Crippen MR) is 63.7 cm³/mol. The van der Waals surface area contributed by atoms with Crippen LogP contribution in [-0.2, 0) is 0 Å². The van der Waals surface area contributed by atoms with Crippen molar-refractivity contribution >= 4 is 23.3 Å². The third-order valence-electron chi connectivity index (χ3n) is 2.74. The fourth-order valence-electron chi connectivity index (χ4n) is 1.49. The minimum Gasteiger partial charge on any atom is -0.335 e. The zero-order chi connectivity index (χ0) is 11.7. The lowest BCUT2D eigenvalue weighted by atomic mass is 10.3. The molecule has 0 spiro atoms. The number of hydrogen-bond donors (Lipinski definition) is 2. The first-order chi connectivity index (χ1) is 7.58. The van der Waals surface area contributed by atoms with Gasteiger partial charge in [-0.1, -0.05) is 18.5 Å². The van der Waals surface area contributed by atoms with Crippen molar-refractivity contribution in [1.29, 1.82) is 0 Å². The second kappa shape index (κ2) is 4.29. The van der Waals surface area contributed by atoms with E-state index in [1.54, 1.807) is 19.2 Å². The van der Waals surface area contributed by atoms with Crippen LogP contribution in [0.5, 0.6) is 0 Å². The number of urea groups is 1. The Labute approximate surface area is 99.4 Å². The van der Waals surface area contributed by atoms with Crippen molar-refractivity contribution in [2.45, 2.75) is 26.3 Å². The average Bonchev–Trinajstić information content (AvgIpc) is 2.89. The molecule has 5 heteroatoms. The van der Waals surface area contributed by atoms with Gasteiger partial charge >= 0.3 is 6.03 Å². The average molecular weight is 240 g/mol. The fraction of sp³-hybridized carbons (Fsp3) is 0.455. The maximum absolute atomic E-state index is 11.6. The van der Waals surface area contributed by atoms with Gasteiger partial charge in [0.15, 0.2) is 0 Å². The highest BCUT2D eigenvalue weighted by Crippen LogP contribution is 2.29. The van der Waals surface area contributed by atoms with Gasteiger partial charge in [0, 0.05) is 12.2 Å². The van der Waals surface area contributed by atoms with Gasteiger partial charge in [0.1, 0.15) is 0 Å². The van der Waals surface area contributed by atoms with Crippen molar-refractivity contribution in [2.24, 2.45) is 5.92 Å². The Bertz CT molecular complexity index is 422. The molecule has 2 atom stereocenters. The minimum absolute atomic E-state index is 0.207. The van der Waals surface area contributed by atoms with Crippen LogP contribution in [0, 0.1) is 12.8 Å². The highest BCUT2D eigenvalue weighted by molar-refractivity contribution is 6.34. The molecule has 1 aliphatic carbocycles. The van der Waals surface area contributed by atoms with E-state index in [2.05, 4.69) is 22.5 Å². The molecular weight excluding hydrogens is 226 g/mol. The SMILES string of the molecule is Cc1nccc(NC(=O)N[C@H]2C[C@@H]2C)c1Cl. The number of pyridine rings is 1. The number of nitrogens with zero attached hydrogens (tertiary/aromatic N) is 1. The number of aromatic nitrogens is 1. The fourth-order valence-corrected chi connectivity index (χ4v) is 1.65. The third-order valence-corrected chi connectivity index (χ3v) is 3.21. The quantitative estimate of drug-likeness (QED) is 0.834. The zero-order valence-electron chi connectivity index (χ0n) is 9.25. The molecule has 2 N–H and O–H groups in total.